The normalized spacial score (nSPS) is 10.6. The van der Waals surface area contributed by atoms with E-state index in [0.29, 0.717) is 11.5 Å². The van der Waals surface area contributed by atoms with Crippen molar-refractivity contribution in [2.75, 3.05) is 20.0 Å². The summed E-state index contributed by atoms with van der Waals surface area (Å²) in [7, 11) is 2.80. The average molecular weight is 372 g/mol. The van der Waals surface area contributed by atoms with E-state index in [4.69, 9.17) is 9.47 Å². The molecule has 0 spiro atoms. The number of hydrogen-bond donors (Lipinski definition) is 0. The highest BCUT2D eigenvalue weighted by Gasteiger charge is 2.12. The molecule has 0 amide bonds. The Morgan fingerprint density at radius 3 is 2.54 bits per heavy atom. The Morgan fingerprint density at radius 1 is 1.08 bits per heavy atom. The van der Waals surface area contributed by atoms with Crippen LogP contribution < -0.4 is 9.47 Å². The van der Waals surface area contributed by atoms with Gasteiger partial charge < -0.3 is 14.2 Å². The molecule has 0 aliphatic carbocycles. The van der Waals surface area contributed by atoms with Crippen LogP contribution in [-0.2, 0) is 14.3 Å². The Balaban J connectivity index is 2.01. The van der Waals surface area contributed by atoms with Crippen LogP contribution >= 0.6 is 11.8 Å². The summed E-state index contributed by atoms with van der Waals surface area (Å²) in [6.45, 7) is 2.00. The molecule has 0 saturated carbocycles. The second-order valence-corrected chi connectivity index (χ2v) is 6.31. The highest BCUT2D eigenvalue weighted by molar-refractivity contribution is 8.00. The highest BCUT2D eigenvalue weighted by Crippen LogP contribution is 2.29. The lowest BCUT2D eigenvalue weighted by molar-refractivity contribution is -0.135. The van der Waals surface area contributed by atoms with Crippen LogP contribution in [0.25, 0.3) is 6.08 Å². The summed E-state index contributed by atoms with van der Waals surface area (Å²) in [6, 6.07) is 12.9. The number of carbonyl (C=O) groups is 2. The van der Waals surface area contributed by atoms with E-state index in [2.05, 4.69) is 4.74 Å². The van der Waals surface area contributed by atoms with E-state index in [-0.39, 0.29) is 11.7 Å². The first-order valence-corrected chi connectivity index (χ1v) is 8.85. The Labute approximate surface area is 157 Å². The fraction of sp³-hybridized carbons (Fsp3) is 0.200. The van der Waals surface area contributed by atoms with E-state index in [1.165, 1.54) is 32.1 Å². The van der Waals surface area contributed by atoms with Crippen LogP contribution in [0.3, 0.4) is 0 Å². The predicted molar refractivity (Wildman–Crippen MR) is 102 cm³/mol. The van der Waals surface area contributed by atoms with E-state index in [1.54, 1.807) is 24.3 Å². The summed E-state index contributed by atoms with van der Waals surface area (Å²) in [5, 5.41) is 0. The molecular weight excluding hydrogens is 352 g/mol. The average Bonchev–Trinajstić information content (AvgIpc) is 2.66. The molecule has 0 unspecified atom stereocenters. The molecule has 0 aromatic heterocycles. The van der Waals surface area contributed by atoms with Crippen LogP contribution in [0.15, 0.2) is 53.4 Å². The zero-order valence-corrected chi connectivity index (χ0v) is 15.7. The molecule has 0 N–H and O–H groups in total. The van der Waals surface area contributed by atoms with Crippen molar-refractivity contribution >= 4 is 29.8 Å². The maximum absolute atomic E-state index is 12.1. The molecule has 0 aliphatic heterocycles. The second-order valence-electron chi connectivity index (χ2n) is 5.30. The third-order valence-electron chi connectivity index (χ3n) is 3.46. The van der Waals surface area contributed by atoms with Gasteiger partial charge in [0.25, 0.3) is 0 Å². The van der Waals surface area contributed by atoms with Gasteiger partial charge in [-0.3, -0.25) is 4.79 Å². The maximum Gasteiger partial charge on any atom is 0.330 e. The number of hydrogen-bond acceptors (Lipinski definition) is 6. The summed E-state index contributed by atoms with van der Waals surface area (Å²) in [4.78, 5) is 24.3. The Morgan fingerprint density at radius 2 is 1.85 bits per heavy atom. The highest BCUT2D eigenvalue weighted by atomic mass is 32.2. The third kappa shape index (κ3) is 5.67. The number of rotatable bonds is 7. The van der Waals surface area contributed by atoms with Crippen molar-refractivity contribution in [3.63, 3.8) is 0 Å². The summed E-state index contributed by atoms with van der Waals surface area (Å²) in [5.74, 6) is 0.115. The van der Waals surface area contributed by atoms with Crippen molar-refractivity contribution in [1.29, 1.82) is 0 Å². The molecule has 26 heavy (non-hydrogen) atoms. The number of carbonyl (C=O) groups excluding carboxylic acids is 2. The first-order valence-electron chi connectivity index (χ1n) is 7.86. The lowest BCUT2D eigenvalue weighted by Gasteiger charge is -2.10. The first-order chi connectivity index (χ1) is 12.5. The van der Waals surface area contributed by atoms with Crippen LogP contribution in [0.1, 0.15) is 11.1 Å². The fourth-order valence-electron chi connectivity index (χ4n) is 2.11. The summed E-state index contributed by atoms with van der Waals surface area (Å²) >= 11 is 1.43. The molecule has 5 nitrogen and oxygen atoms in total. The van der Waals surface area contributed by atoms with Gasteiger partial charge in [-0.2, -0.15) is 0 Å². The Kier molecular flexibility index (Phi) is 7.29. The van der Waals surface area contributed by atoms with Gasteiger partial charge in [0.2, 0.25) is 0 Å². The van der Waals surface area contributed by atoms with E-state index in [1.807, 2.05) is 31.2 Å². The van der Waals surface area contributed by atoms with Crippen molar-refractivity contribution in [3.8, 4) is 11.5 Å². The summed E-state index contributed by atoms with van der Waals surface area (Å²) in [5.41, 5.74) is 1.84. The van der Waals surface area contributed by atoms with Crippen molar-refractivity contribution in [2.45, 2.75) is 11.8 Å². The topological polar surface area (TPSA) is 61.8 Å². The minimum atomic E-state index is -0.451. The van der Waals surface area contributed by atoms with Gasteiger partial charge in [-0.15, -0.1) is 11.8 Å². The van der Waals surface area contributed by atoms with Crippen molar-refractivity contribution in [2.24, 2.45) is 0 Å². The zero-order chi connectivity index (χ0) is 18.9. The third-order valence-corrected chi connectivity index (χ3v) is 4.61. The number of methoxy groups -OCH3 is 2. The molecule has 2 aromatic carbocycles. The van der Waals surface area contributed by atoms with Gasteiger partial charge in [0.05, 0.1) is 20.0 Å². The van der Waals surface area contributed by atoms with Crippen LogP contribution in [-0.4, -0.2) is 31.9 Å². The molecule has 2 rings (SSSR count). The number of esters is 2. The molecule has 0 bridgehead atoms. The Bertz CT molecular complexity index is 814. The van der Waals surface area contributed by atoms with Gasteiger partial charge in [-0.25, -0.2) is 4.79 Å². The van der Waals surface area contributed by atoms with Crippen molar-refractivity contribution in [3.05, 3.63) is 59.7 Å². The van der Waals surface area contributed by atoms with E-state index < -0.39 is 5.97 Å². The van der Waals surface area contributed by atoms with Gasteiger partial charge in [-0.1, -0.05) is 24.3 Å². The first kappa shape index (κ1) is 19.6. The van der Waals surface area contributed by atoms with Crippen molar-refractivity contribution in [1.82, 2.24) is 0 Å². The largest absolute Gasteiger partial charge is 0.493 e. The Hall–Kier alpha value is -2.73. The smallest absolute Gasteiger partial charge is 0.330 e. The molecule has 0 radical (unpaired) electrons. The lowest BCUT2D eigenvalue weighted by atomic mass is 10.2. The fourth-order valence-corrected chi connectivity index (χ4v) is 2.91. The molecule has 136 valence electrons. The summed E-state index contributed by atoms with van der Waals surface area (Å²) in [6.07, 6.45) is 2.90. The molecule has 6 heteroatoms. The van der Waals surface area contributed by atoms with Crippen molar-refractivity contribution < 1.29 is 23.8 Å². The number of benzene rings is 2. The zero-order valence-electron chi connectivity index (χ0n) is 14.9. The van der Waals surface area contributed by atoms with Gasteiger partial charge in [0.15, 0.2) is 11.5 Å². The van der Waals surface area contributed by atoms with Crippen LogP contribution in [0.2, 0.25) is 0 Å². The molecule has 0 aliphatic rings. The molecule has 0 fully saturated rings. The van der Waals surface area contributed by atoms with Crippen LogP contribution in [0.5, 0.6) is 11.5 Å². The molecule has 2 aromatic rings. The standard InChI is InChI=1S/C20H20O5S/c1-14-6-4-5-7-18(14)26-13-20(22)25-16-10-8-15(12-17(16)23-2)9-11-19(21)24-3/h4-12H,13H2,1-3H3/b11-9+. The van der Waals surface area contributed by atoms with E-state index in [9.17, 15) is 9.59 Å². The second kappa shape index (κ2) is 9.68. The number of thioether (sulfide) groups is 1. The van der Waals surface area contributed by atoms with Gasteiger partial charge in [0.1, 0.15) is 0 Å². The predicted octanol–water partition coefficient (Wildman–Crippen LogP) is 3.89. The maximum atomic E-state index is 12.1. The van der Waals surface area contributed by atoms with E-state index >= 15 is 0 Å². The minimum Gasteiger partial charge on any atom is -0.493 e. The number of aryl methyl sites for hydroxylation is 1. The molecule has 0 atom stereocenters. The molecule has 0 heterocycles. The van der Waals surface area contributed by atoms with Gasteiger partial charge in [0, 0.05) is 11.0 Å². The summed E-state index contributed by atoms with van der Waals surface area (Å²) < 4.78 is 15.2. The van der Waals surface area contributed by atoms with Gasteiger partial charge in [-0.05, 0) is 42.3 Å². The van der Waals surface area contributed by atoms with Crippen LogP contribution in [0, 0.1) is 6.92 Å². The monoisotopic (exact) mass is 372 g/mol. The van der Waals surface area contributed by atoms with Crippen LogP contribution in [0.4, 0.5) is 0 Å². The number of ether oxygens (including phenoxy) is 3. The van der Waals surface area contributed by atoms with Gasteiger partial charge >= 0.3 is 11.9 Å². The SMILES string of the molecule is COC(=O)/C=C/c1ccc(OC(=O)CSc2ccccc2C)c(OC)c1. The van der Waals surface area contributed by atoms with E-state index in [0.717, 1.165) is 16.0 Å². The molecular formula is C20H20O5S. The molecule has 0 saturated heterocycles. The quantitative estimate of drug-likeness (QED) is 0.318. The lowest BCUT2D eigenvalue weighted by Crippen LogP contribution is -2.11. The minimum absolute atomic E-state index is 0.192.